The highest BCUT2D eigenvalue weighted by molar-refractivity contribution is 7.45. The molecule has 0 saturated carbocycles. The maximum Gasteiger partial charge on any atom is 0.268 e. The third kappa shape index (κ3) is 42.3. The predicted molar refractivity (Wildman–Crippen MR) is 247 cm³/mol. The van der Waals surface area contributed by atoms with Crippen LogP contribution < -0.4 is 10.2 Å². The SMILES string of the molecule is CCC/C=C\C/C=C\CCCCCCCC(=O)NC(COP(=O)([O-])OCC[N+](C)(C)C)C(O)/C=C/CC/C=C/CC/C=C/CCCCCCCCCCCCCCC. The average molecular weight is 835 g/mol. The molecule has 2 N–H and O–H groups in total. The van der Waals surface area contributed by atoms with Crippen molar-refractivity contribution in [3.63, 3.8) is 0 Å². The number of aliphatic hydroxyl groups excluding tert-OH is 1. The van der Waals surface area contributed by atoms with Gasteiger partial charge in [-0.2, -0.15) is 0 Å². The number of nitrogens with zero attached hydrogens (tertiary/aromatic N) is 1. The zero-order valence-electron chi connectivity index (χ0n) is 38.2. The fourth-order valence-corrected chi connectivity index (χ4v) is 7.12. The first kappa shape index (κ1) is 56.2. The molecule has 0 aliphatic heterocycles. The lowest BCUT2D eigenvalue weighted by atomic mass is 10.0. The topological polar surface area (TPSA) is 108 Å². The second-order valence-corrected chi connectivity index (χ2v) is 18.5. The second-order valence-electron chi connectivity index (χ2n) is 17.1. The van der Waals surface area contributed by atoms with Crippen molar-refractivity contribution in [1.29, 1.82) is 0 Å². The molecule has 0 aliphatic rings. The van der Waals surface area contributed by atoms with Crippen LogP contribution in [0.5, 0.6) is 0 Å². The van der Waals surface area contributed by atoms with Gasteiger partial charge in [0, 0.05) is 6.42 Å². The number of allylic oxidation sites excluding steroid dienone is 9. The van der Waals surface area contributed by atoms with Gasteiger partial charge >= 0.3 is 0 Å². The van der Waals surface area contributed by atoms with Crippen LogP contribution in [-0.2, 0) is 18.4 Å². The molecule has 0 fully saturated rings. The molecule has 1 amide bonds. The zero-order valence-corrected chi connectivity index (χ0v) is 39.1. The van der Waals surface area contributed by atoms with E-state index in [0.717, 1.165) is 77.0 Å². The van der Waals surface area contributed by atoms with Gasteiger partial charge in [0.25, 0.3) is 7.82 Å². The highest BCUT2D eigenvalue weighted by Crippen LogP contribution is 2.38. The van der Waals surface area contributed by atoms with Crippen molar-refractivity contribution in [2.24, 2.45) is 0 Å². The third-order valence-electron chi connectivity index (χ3n) is 10.2. The fraction of sp³-hybridized carbons (Fsp3) is 0.776. The summed E-state index contributed by atoms with van der Waals surface area (Å²) in [5.74, 6) is -0.229. The predicted octanol–water partition coefficient (Wildman–Crippen LogP) is 12.8. The van der Waals surface area contributed by atoms with Gasteiger partial charge in [-0.1, -0.05) is 177 Å². The molecule has 338 valence electrons. The van der Waals surface area contributed by atoms with E-state index < -0.39 is 26.6 Å². The lowest BCUT2D eigenvalue weighted by Crippen LogP contribution is -2.45. The average Bonchev–Trinajstić information content (AvgIpc) is 3.17. The summed E-state index contributed by atoms with van der Waals surface area (Å²) in [7, 11) is 1.22. The molecule has 0 spiro atoms. The van der Waals surface area contributed by atoms with Gasteiger partial charge < -0.3 is 28.8 Å². The van der Waals surface area contributed by atoms with Crippen LogP contribution in [-0.4, -0.2) is 68.5 Å². The fourth-order valence-electron chi connectivity index (χ4n) is 6.40. The number of hydrogen-bond acceptors (Lipinski definition) is 6. The smallest absolute Gasteiger partial charge is 0.268 e. The number of unbranched alkanes of at least 4 members (excludes halogenated alkanes) is 21. The van der Waals surface area contributed by atoms with Crippen LogP contribution in [0.3, 0.4) is 0 Å². The molecule has 0 aromatic rings. The van der Waals surface area contributed by atoms with Crippen LogP contribution in [0.2, 0.25) is 0 Å². The van der Waals surface area contributed by atoms with Crippen LogP contribution in [0.25, 0.3) is 0 Å². The quantitative estimate of drug-likeness (QED) is 0.0274. The van der Waals surface area contributed by atoms with E-state index in [1.807, 2.05) is 27.2 Å². The van der Waals surface area contributed by atoms with Crippen molar-refractivity contribution in [2.75, 3.05) is 40.9 Å². The number of carbonyl (C=O) groups excluding carboxylic acids is 1. The summed E-state index contributed by atoms with van der Waals surface area (Å²) >= 11 is 0. The van der Waals surface area contributed by atoms with Gasteiger partial charge in [-0.15, -0.1) is 0 Å². The maximum absolute atomic E-state index is 12.8. The normalized spacial score (nSPS) is 14.8. The molecule has 0 heterocycles. The minimum atomic E-state index is -4.61. The zero-order chi connectivity index (χ0) is 42.8. The van der Waals surface area contributed by atoms with Gasteiger partial charge in [-0.05, 0) is 70.6 Å². The monoisotopic (exact) mass is 835 g/mol. The molecule has 0 saturated heterocycles. The van der Waals surface area contributed by atoms with E-state index in [1.165, 1.54) is 96.3 Å². The van der Waals surface area contributed by atoms with Gasteiger partial charge in [-0.3, -0.25) is 9.36 Å². The Morgan fingerprint density at radius 3 is 1.57 bits per heavy atom. The highest BCUT2D eigenvalue weighted by atomic mass is 31.2. The van der Waals surface area contributed by atoms with Gasteiger partial charge in [0.1, 0.15) is 13.2 Å². The number of likely N-dealkylation sites (N-methyl/N-ethyl adjacent to an activating group) is 1. The molecule has 3 unspecified atom stereocenters. The molecular formula is C49H91N2O6P. The van der Waals surface area contributed by atoms with E-state index in [1.54, 1.807) is 6.08 Å². The molecule has 58 heavy (non-hydrogen) atoms. The number of hydrogen-bond donors (Lipinski definition) is 2. The molecule has 9 heteroatoms. The van der Waals surface area contributed by atoms with Crippen molar-refractivity contribution in [1.82, 2.24) is 5.32 Å². The van der Waals surface area contributed by atoms with Crippen LogP contribution in [0.4, 0.5) is 0 Å². The first-order chi connectivity index (χ1) is 28.0. The Kier molecular flexibility index (Phi) is 39.3. The largest absolute Gasteiger partial charge is 0.756 e. The van der Waals surface area contributed by atoms with Gasteiger partial charge in [0.15, 0.2) is 0 Å². The Balaban J connectivity index is 4.43. The minimum Gasteiger partial charge on any atom is -0.756 e. The molecule has 0 aromatic heterocycles. The third-order valence-corrected chi connectivity index (χ3v) is 11.1. The molecular weight excluding hydrogens is 744 g/mol. The lowest BCUT2D eigenvalue weighted by Gasteiger charge is -2.29. The number of rotatable bonds is 42. The summed E-state index contributed by atoms with van der Waals surface area (Å²) in [5.41, 5.74) is 0. The molecule has 0 aromatic carbocycles. The molecule has 0 radical (unpaired) electrons. The van der Waals surface area contributed by atoms with E-state index in [9.17, 15) is 19.4 Å². The minimum absolute atomic E-state index is 0.0141. The summed E-state index contributed by atoms with van der Waals surface area (Å²) in [4.78, 5) is 25.3. The summed E-state index contributed by atoms with van der Waals surface area (Å²) in [6.45, 7) is 4.53. The number of phosphoric ester groups is 1. The van der Waals surface area contributed by atoms with Crippen LogP contribution in [0, 0.1) is 0 Å². The highest BCUT2D eigenvalue weighted by Gasteiger charge is 2.23. The van der Waals surface area contributed by atoms with Crippen LogP contribution in [0.15, 0.2) is 60.8 Å². The molecule has 3 atom stereocenters. The van der Waals surface area contributed by atoms with Crippen LogP contribution in [0.1, 0.15) is 194 Å². The molecule has 8 nitrogen and oxygen atoms in total. The van der Waals surface area contributed by atoms with E-state index in [-0.39, 0.29) is 12.5 Å². The first-order valence-corrected chi connectivity index (χ1v) is 25.1. The van der Waals surface area contributed by atoms with E-state index >= 15 is 0 Å². The van der Waals surface area contributed by atoms with E-state index in [0.29, 0.717) is 17.4 Å². The maximum atomic E-state index is 12.8. The number of phosphoric acid groups is 1. The van der Waals surface area contributed by atoms with Crippen molar-refractivity contribution in [2.45, 2.75) is 206 Å². The first-order valence-electron chi connectivity index (χ1n) is 23.7. The number of quaternary nitrogens is 1. The van der Waals surface area contributed by atoms with E-state index in [4.69, 9.17) is 9.05 Å². The molecule has 0 aliphatic carbocycles. The number of carbonyl (C=O) groups is 1. The van der Waals surface area contributed by atoms with Crippen molar-refractivity contribution < 1.29 is 32.9 Å². The van der Waals surface area contributed by atoms with Crippen molar-refractivity contribution in [3.05, 3.63) is 60.8 Å². The van der Waals surface area contributed by atoms with Gasteiger partial charge in [0.2, 0.25) is 5.91 Å². The summed E-state index contributed by atoms with van der Waals surface area (Å²) < 4.78 is 23.2. The summed E-state index contributed by atoms with van der Waals surface area (Å²) in [6, 6.07) is -0.918. The Morgan fingerprint density at radius 1 is 0.603 bits per heavy atom. The number of amides is 1. The Labute approximate surface area is 358 Å². The standard InChI is InChI=1S/C49H91N2O6P/c1-6-8-10-12-14-16-18-20-21-22-23-24-25-26-27-28-29-31-32-34-36-38-40-42-48(52)47(46-57-58(54,55)56-45-44-51(3,4)5)50-49(53)43-41-39-37-35-33-30-19-17-15-13-11-9-7-2/h11,13,17,19,27-28,32,34,40,42,47-48,52H,6-10,12,14-16,18,20-26,29-31,33,35-39,41,43-46H2,1-5H3,(H-,50,53,54,55)/b13-11-,19-17-,28-27+,34-32+,42-40+. The van der Waals surface area contributed by atoms with Gasteiger partial charge in [0.05, 0.1) is 39.9 Å². The van der Waals surface area contributed by atoms with Crippen molar-refractivity contribution >= 4 is 13.7 Å². The summed E-state index contributed by atoms with van der Waals surface area (Å²) in [5, 5.41) is 13.8. The Morgan fingerprint density at radius 2 is 1.05 bits per heavy atom. The Bertz CT molecular complexity index is 1130. The lowest BCUT2D eigenvalue weighted by molar-refractivity contribution is -0.870. The molecule has 0 bridgehead atoms. The van der Waals surface area contributed by atoms with Gasteiger partial charge in [-0.25, -0.2) is 0 Å². The molecule has 0 rings (SSSR count). The van der Waals surface area contributed by atoms with E-state index in [2.05, 4.69) is 67.8 Å². The van der Waals surface area contributed by atoms with Crippen LogP contribution >= 0.6 is 7.82 Å². The van der Waals surface area contributed by atoms with Crippen molar-refractivity contribution in [3.8, 4) is 0 Å². The number of nitrogens with one attached hydrogen (secondary N) is 1. The summed E-state index contributed by atoms with van der Waals surface area (Å²) in [6.07, 6.45) is 52.8. The number of aliphatic hydroxyl groups is 1. The Hall–Kier alpha value is -1.80. The second kappa shape index (κ2) is 40.6.